The number of hydrogen-bond donors (Lipinski definition) is 2. The summed E-state index contributed by atoms with van der Waals surface area (Å²) in [4.78, 5) is 11.7. The van der Waals surface area contributed by atoms with Crippen LogP contribution < -0.4 is 11.5 Å². The summed E-state index contributed by atoms with van der Waals surface area (Å²) >= 11 is 0. The third kappa shape index (κ3) is 2.29. The maximum atomic E-state index is 11.7. The van der Waals surface area contributed by atoms with Crippen LogP contribution in [0.15, 0.2) is 0 Å². The Labute approximate surface area is 74.5 Å². The molecule has 72 valence electrons. The van der Waals surface area contributed by atoms with E-state index in [0.717, 1.165) is 0 Å². The second kappa shape index (κ2) is 3.54. The molecule has 0 heterocycles. The van der Waals surface area contributed by atoms with E-state index in [1.165, 1.54) is 0 Å². The van der Waals surface area contributed by atoms with Gasteiger partial charge >= 0.3 is 0 Å². The van der Waals surface area contributed by atoms with Gasteiger partial charge < -0.3 is 11.5 Å². The minimum Gasteiger partial charge on any atom is -0.319 e. The average Bonchev–Trinajstić information content (AvgIpc) is 2.03. The molecule has 0 saturated heterocycles. The zero-order valence-corrected chi connectivity index (χ0v) is 8.48. The van der Waals surface area contributed by atoms with Gasteiger partial charge in [0.2, 0.25) is 0 Å². The molecule has 0 rings (SSSR count). The third-order valence-electron chi connectivity index (χ3n) is 2.51. The minimum absolute atomic E-state index is 0.0556. The van der Waals surface area contributed by atoms with Gasteiger partial charge in [-0.2, -0.15) is 0 Å². The van der Waals surface area contributed by atoms with Crippen LogP contribution >= 0.6 is 0 Å². The Morgan fingerprint density at radius 1 is 1.08 bits per heavy atom. The molecule has 0 unspecified atom stereocenters. The Kier molecular flexibility index (Phi) is 3.42. The van der Waals surface area contributed by atoms with Crippen molar-refractivity contribution in [2.75, 3.05) is 0 Å². The van der Waals surface area contributed by atoms with Gasteiger partial charge in [0, 0.05) is 0 Å². The Hall–Kier alpha value is -0.410. The highest BCUT2D eigenvalue weighted by Gasteiger charge is 2.37. The van der Waals surface area contributed by atoms with Gasteiger partial charge in [0.05, 0.1) is 11.1 Å². The van der Waals surface area contributed by atoms with Gasteiger partial charge in [0.1, 0.15) is 0 Å². The van der Waals surface area contributed by atoms with Gasteiger partial charge in [-0.05, 0) is 26.7 Å². The zero-order chi connectivity index (χ0) is 9.99. The Balaban J connectivity index is 4.60. The molecule has 0 aliphatic carbocycles. The first-order valence-corrected chi connectivity index (χ1v) is 4.40. The third-order valence-corrected chi connectivity index (χ3v) is 2.51. The van der Waals surface area contributed by atoms with Crippen LogP contribution in [0.5, 0.6) is 0 Å². The van der Waals surface area contributed by atoms with Crippen LogP contribution in [-0.4, -0.2) is 16.9 Å². The lowest BCUT2D eigenvalue weighted by atomic mass is 9.81. The Bertz CT molecular complexity index is 155. The molecular formula is C9H20N2O. The summed E-state index contributed by atoms with van der Waals surface area (Å²) in [6, 6.07) is 0. The summed E-state index contributed by atoms with van der Waals surface area (Å²) in [5.41, 5.74) is 10.0. The van der Waals surface area contributed by atoms with Crippen LogP contribution in [0.1, 0.15) is 40.5 Å². The lowest BCUT2D eigenvalue weighted by Gasteiger charge is -2.31. The number of rotatable bonds is 4. The molecule has 0 aromatic carbocycles. The SMILES string of the molecule is CC[C@](C)(N)C(=O)[C@@](C)(N)CC. The molecule has 2 atom stereocenters. The topological polar surface area (TPSA) is 69.1 Å². The fourth-order valence-electron chi connectivity index (χ4n) is 0.973. The highest BCUT2D eigenvalue weighted by Crippen LogP contribution is 2.17. The van der Waals surface area contributed by atoms with Crippen molar-refractivity contribution in [2.45, 2.75) is 51.6 Å². The van der Waals surface area contributed by atoms with Crippen molar-refractivity contribution in [1.29, 1.82) is 0 Å². The maximum Gasteiger partial charge on any atom is 0.171 e. The molecule has 0 aromatic heterocycles. The van der Waals surface area contributed by atoms with E-state index >= 15 is 0 Å². The smallest absolute Gasteiger partial charge is 0.171 e. The summed E-state index contributed by atoms with van der Waals surface area (Å²) in [7, 11) is 0. The van der Waals surface area contributed by atoms with Gasteiger partial charge in [0.25, 0.3) is 0 Å². The van der Waals surface area contributed by atoms with Crippen LogP contribution in [0.4, 0.5) is 0 Å². The number of Topliss-reactive ketones (excluding diaryl/α,β-unsaturated/α-hetero) is 1. The molecule has 3 nitrogen and oxygen atoms in total. The van der Waals surface area contributed by atoms with E-state index in [9.17, 15) is 4.79 Å². The number of hydrogen-bond acceptors (Lipinski definition) is 3. The number of carbonyl (C=O) groups is 1. The summed E-state index contributed by atoms with van der Waals surface area (Å²) < 4.78 is 0. The summed E-state index contributed by atoms with van der Waals surface area (Å²) in [6.45, 7) is 7.25. The van der Waals surface area contributed by atoms with E-state index < -0.39 is 11.1 Å². The van der Waals surface area contributed by atoms with Crippen molar-refractivity contribution in [3.05, 3.63) is 0 Å². The number of nitrogens with two attached hydrogens (primary N) is 2. The van der Waals surface area contributed by atoms with E-state index in [4.69, 9.17) is 11.5 Å². The van der Waals surface area contributed by atoms with Gasteiger partial charge in [-0.25, -0.2) is 0 Å². The minimum atomic E-state index is -0.778. The van der Waals surface area contributed by atoms with E-state index in [-0.39, 0.29) is 5.78 Å². The molecule has 0 bridgehead atoms. The highest BCUT2D eigenvalue weighted by molar-refractivity contribution is 5.95. The predicted molar refractivity (Wildman–Crippen MR) is 50.8 cm³/mol. The molecule has 0 spiro atoms. The first-order valence-electron chi connectivity index (χ1n) is 4.40. The molecule has 0 aliphatic rings. The lowest BCUT2D eigenvalue weighted by molar-refractivity contribution is -0.128. The fourth-order valence-corrected chi connectivity index (χ4v) is 0.973. The molecule has 0 saturated carbocycles. The standard InChI is InChI=1S/C9H20N2O/c1-5-8(3,10)7(12)9(4,11)6-2/h5-6,10-11H2,1-4H3/t8-,9-/m0/s1. The highest BCUT2D eigenvalue weighted by atomic mass is 16.1. The second-order valence-electron chi connectivity index (χ2n) is 3.87. The van der Waals surface area contributed by atoms with Crippen LogP contribution in [-0.2, 0) is 4.79 Å². The van der Waals surface area contributed by atoms with Crippen molar-refractivity contribution >= 4 is 5.78 Å². The van der Waals surface area contributed by atoms with E-state index in [2.05, 4.69) is 0 Å². The number of ketones is 1. The van der Waals surface area contributed by atoms with Gasteiger partial charge in [0.15, 0.2) is 5.78 Å². The van der Waals surface area contributed by atoms with E-state index in [1.807, 2.05) is 13.8 Å². The quantitative estimate of drug-likeness (QED) is 0.659. The zero-order valence-electron chi connectivity index (χ0n) is 8.48. The largest absolute Gasteiger partial charge is 0.319 e. The molecule has 12 heavy (non-hydrogen) atoms. The lowest BCUT2D eigenvalue weighted by Crippen LogP contribution is -2.58. The number of carbonyl (C=O) groups excluding carboxylic acids is 1. The van der Waals surface area contributed by atoms with Crippen molar-refractivity contribution < 1.29 is 4.79 Å². The molecule has 0 radical (unpaired) electrons. The normalized spacial score (nSPS) is 21.2. The van der Waals surface area contributed by atoms with Crippen molar-refractivity contribution in [2.24, 2.45) is 11.5 Å². The second-order valence-corrected chi connectivity index (χ2v) is 3.87. The van der Waals surface area contributed by atoms with Crippen LogP contribution in [0.3, 0.4) is 0 Å². The van der Waals surface area contributed by atoms with Gasteiger partial charge in [-0.3, -0.25) is 4.79 Å². The van der Waals surface area contributed by atoms with E-state index in [0.29, 0.717) is 12.8 Å². The fraction of sp³-hybridized carbons (Fsp3) is 0.889. The van der Waals surface area contributed by atoms with Crippen LogP contribution in [0.2, 0.25) is 0 Å². The first kappa shape index (κ1) is 11.6. The van der Waals surface area contributed by atoms with Crippen molar-refractivity contribution in [3.63, 3.8) is 0 Å². The average molecular weight is 172 g/mol. The molecule has 0 amide bonds. The van der Waals surface area contributed by atoms with Crippen LogP contribution in [0.25, 0.3) is 0 Å². The summed E-state index contributed by atoms with van der Waals surface area (Å²) in [5.74, 6) is -0.0556. The molecule has 0 aromatic rings. The maximum absolute atomic E-state index is 11.7. The van der Waals surface area contributed by atoms with Gasteiger partial charge in [-0.1, -0.05) is 13.8 Å². The predicted octanol–water partition coefficient (Wildman–Crippen LogP) is 0.810. The summed E-state index contributed by atoms with van der Waals surface area (Å²) in [5, 5.41) is 0. The van der Waals surface area contributed by atoms with E-state index in [1.54, 1.807) is 13.8 Å². The van der Waals surface area contributed by atoms with Crippen molar-refractivity contribution in [1.82, 2.24) is 0 Å². The molecule has 3 heteroatoms. The molecule has 0 aliphatic heterocycles. The first-order chi connectivity index (χ1) is 5.28. The van der Waals surface area contributed by atoms with Crippen molar-refractivity contribution in [3.8, 4) is 0 Å². The molecule has 4 N–H and O–H groups in total. The van der Waals surface area contributed by atoms with Crippen LogP contribution in [0, 0.1) is 0 Å². The Morgan fingerprint density at radius 2 is 1.33 bits per heavy atom. The van der Waals surface area contributed by atoms with Gasteiger partial charge in [-0.15, -0.1) is 0 Å². The monoisotopic (exact) mass is 172 g/mol. The molecular weight excluding hydrogens is 152 g/mol. The molecule has 0 fully saturated rings. The summed E-state index contributed by atoms with van der Waals surface area (Å²) in [6.07, 6.45) is 1.25. The Morgan fingerprint density at radius 3 is 1.50 bits per heavy atom.